The zero-order valence-electron chi connectivity index (χ0n) is 15.3. The molecule has 3 rings (SSSR count). The van der Waals surface area contributed by atoms with Gasteiger partial charge in [-0.25, -0.2) is 12.8 Å². The van der Waals surface area contributed by atoms with Crippen molar-refractivity contribution in [2.24, 2.45) is 4.99 Å². The number of nitrogens with one attached hydrogen (secondary N) is 2. The number of amides is 1. The molecule has 0 aromatic heterocycles. The number of hydrogen-bond acceptors (Lipinski definition) is 4. The van der Waals surface area contributed by atoms with Gasteiger partial charge in [0.15, 0.2) is 0 Å². The third-order valence-corrected chi connectivity index (χ3v) is 5.75. The number of anilines is 1. The van der Waals surface area contributed by atoms with E-state index in [4.69, 9.17) is 0 Å². The van der Waals surface area contributed by atoms with Gasteiger partial charge in [0.05, 0.1) is 11.3 Å². The lowest BCUT2D eigenvalue weighted by atomic mass is 10.1. The Hall–Kier alpha value is -2.74. The van der Waals surface area contributed by atoms with Gasteiger partial charge in [-0.15, -0.1) is 0 Å². The highest BCUT2D eigenvalue weighted by molar-refractivity contribution is 7.90. The molecule has 0 saturated heterocycles. The average Bonchev–Trinajstić information content (AvgIpc) is 2.92. The summed E-state index contributed by atoms with van der Waals surface area (Å²) >= 11 is 0. The molecule has 2 aromatic carbocycles. The van der Waals surface area contributed by atoms with E-state index in [9.17, 15) is 17.6 Å². The highest BCUT2D eigenvalue weighted by atomic mass is 32.2. The van der Waals surface area contributed by atoms with E-state index < -0.39 is 10.0 Å². The second kappa shape index (κ2) is 8.97. The molecule has 0 spiro atoms. The molecule has 0 saturated carbocycles. The van der Waals surface area contributed by atoms with Gasteiger partial charge in [0.25, 0.3) is 10.0 Å². The maximum Gasteiger partial charge on any atom is 0.262 e. The largest absolute Gasteiger partial charge is 0.326 e. The molecule has 2 aromatic rings. The van der Waals surface area contributed by atoms with Crippen LogP contribution in [0.4, 0.5) is 10.1 Å². The van der Waals surface area contributed by atoms with Crippen LogP contribution in [0.1, 0.15) is 31.2 Å². The van der Waals surface area contributed by atoms with Crippen LogP contribution in [0.5, 0.6) is 0 Å². The Balaban J connectivity index is 1.61. The number of benzene rings is 2. The lowest BCUT2D eigenvalue weighted by Crippen LogP contribution is -2.30. The van der Waals surface area contributed by atoms with Gasteiger partial charge in [-0.1, -0.05) is 18.6 Å². The third-order valence-electron chi connectivity index (χ3n) is 4.35. The topological polar surface area (TPSA) is 87.6 Å². The van der Waals surface area contributed by atoms with E-state index >= 15 is 0 Å². The molecule has 1 aliphatic heterocycles. The zero-order valence-corrected chi connectivity index (χ0v) is 16.1. The minimum Gasteiger partial charge on any atom is -0.326 e. The lowest BCUT2D eigenvalue weighted by molar-refractivity contribution is -0.115. The van der Waals surface area contributed by atoms with E-state index in [1.165, 1.54) is 36.4 Å². The Labute approximate surface area is 163 Å². The number of carbonyl (C=O) groups excluding carboxylic acids is 1. The van der Waals surface area contributed by atoms with Crippen LogP contribution < -0.4 is 10.0 Å². The standard InChI is InChI=1S/C20H22FN3O3S/c21-16-7-5-15(6-8-16)14-20(25)23-17-9-11-18(12-10-17)28(26,27)24-19-4-2-1-3-13-22-19/h5-12H,1-4,13-14H2,(H,22,24)(H,23,25). The van der Waals surface area contributed by atoms with Crippen LogP contribution in [0.3, 0.4) is 0 Å². The lowest BCUT2D eigenvalue weighted by Gasteiger charge is -2.11. The number of nitrogens with zero attached hydrogens (tertiary/aromatic N) is 1. The predicted molar refractivity (Wildman–Crippen MR) is 106 cm³/mol. The maximum absolute atomic E-state index is 12.9. The van der Waals surface area contributed by atoms with Gasteiger partial charge in [-0.2, -0.15) is 0 Å². The normalized spacial score (nSPS) is 14.7. The number of halogens is 1. The Kier molecular flexibility index (Phi) is 6.41. The predicted octanol–water partition coefficient (Wildman–Crippen LogP) is 3.26. The van der Waals surface area contributed by atoms with Crippen molar-refractivity contribution in [3.8, 4) is 0 Å². The van der Waals surface area contributed by atoms with E-state index in [1.54, 1.807) is 12.1 Å². The van der Waals surface area contributed by atoms with Gasteiger partial charge < -0.3 is 5.32 Å². The number of sulfonamides is 1. The summed E-state index contributed by atoms with van der Waals surface area (Å²) in [6.07, 6.45) is 3.65. The van der Waals surface area contributed by atoms with Gasteiger partial charge in [-0.05, 0) is 54.8 Å². The first-order chi connectivity index (χ1) is 13.4. The van der Waals surface area contributed by atoms with Gasteiger partial charge >= 0.3 is 0 Å². The molecule has 0 radical (unpaired) electrons. The molecule has 0 atom stereocenters. The first-order valence-corrected chi connectivity index (χ1v) is 10.6. The zero-order chi connectivity index (χ0) is 20.0. The Bertz CT molecular complexity index is 955. The van der Waals surface area contributed by atoms with Crippen LogP contribution in [-0.2, 0) is 21.2 Å². The molecule has 8 heteroatoms. The van der Waals surface area contributed by atoms with Crippen molar-refractivity contribution in [1.82, 2.24) is 4.72 Å². The molecule has 28 heavy (non-hydrogen) atoms. The van der Waals surface area contributed by atoms with E-state index in [0.29, 0.717) is 30.1 Å². The fourth-order valence-electron chi connectivity index (χ4n) is 2.88. The number of amidine groups is 1. The molecule has 6 nitrogen and oxygen atoms in total. The van der Waals surface area contributed by atoms with Crippen molar-refractivity contribution in [1.29, 1.82) is 0 Å². The molecule has 0 aliphatic carbocycles. The Morgan fingerprint density at radius 2 is 1.71 bits per heavy atom. The van der Waals surface area contributed by atoms with Crippen molar-refractivity contribution in [3.63, 3.8) is 0 Å². The quantitative estimate of drug-likeness (QED) is 0.803. The van der Waals surface area contributed by atoms with E-state index in [2.05, 4.69) is 15.0 Å². The van der Waals surface area contributed by atoms with Gasteiger partial charge in [0.1, 0.15) is 11.7 Å². The van der Waals surface area contributed by atoms with Crippen molar-refractivity contribution < 1.29 is 17.6 Å². The van der Waals surface area contributed by atoms with Gasteiger partial charge in [0, 0.05) is 18.7 Å². The molecule has 1 heterocycles. The second-order valence-electron chi connectivity index (χ2n) is 6.62. The van der Waals surface area contributed by atoms with Crippen molar-refractivity contribution in [2.45, 2.75) is 37.0 Å². The van der Waals surface area contributed by atoms with Gasteiger partial charge in [0.2, 0.25) is 5.91 Å². The Morgan fingerprint density at radius 1 is 1.00 bits per heavy atom. The summed E-state index contributed by atoms with van der Waals surface area (Å²) in [6.45, 7) is 0.636. The summed E-state index contributed by atoms with van der Waals surface area (Å²) in [5.74, 6) is -0.133. The van der Waals surface area contributed by atoms with Crippen LogP contribution in [0.2, 0.25) is 0 Å². The minimum absolute atomic E-state index is 0.0989. The summed E-state index contributed by atoms with van der Waals surface area (Å²) in [4.78, 5) is 16.5. The number of rotatable bonds is 5. The first kappa shape index (κ1) is 20.0. The van der Waals surface area contributed by atoms with Crippen LogP contribution >= 0.6 is 0 Å². The number of carbonyl (C=O) groups is 1. The van der Waals surface area contributed by atoms with Gasteiger partial charge in [-0.3, -0.25) is 14.5 Å². The monoisotopic (exact) mass is 403 g/mol. The summed E-state index contributed by atoms with van der Waals surface area (Å²) in [7, 11) is -3.70. The molecule has 1 aliphatic rings. The summed E-state index contributed by atoms with van der Waals surface area (Å²) in [6, 6.07) is 11.6. The third kappa shape index (κ3) is 5.63. The van der Waals surface area contributed by atoms with Crippen LogP contribution in [0.25, 0.3) is 0 Å². The van der Waals surface area contributed by atoms with Crippen LogP contribution in [-0.4, -0.2) is 26.7 Å². The minimum atomic E-state index is -3.70. The molecule has 148 valence electrons. The van der Waals surface area contributed by atoms with Crippen molar-refractivity contribution in [3.05, 3.63) is 59.9 Å². The summed E-state index contributed by atoms with van der Waals surface area (Å²) in [5, 5.41) is 2.70. The molecular weight excluding hydrogens is 381 g/mol. The van der Waals surface area contributed by atoms with E-state index in [0.717, 1.165) is 19.3 Å². The van der Waals surface area contributed by atoms with Crippen molar-refractivity contribution in [2.75, 3.05) is 11.9 Å². The van der Waals surface area contributed by atoms with E-state index in [1.807, 2.05) is 0 Å². The van der Waals surface area contributed by atoms with Crippen molar-refractivity contribution >= 4 is 27.5 Å². The smallest absolute Gasteiger partial charge is 0.262 e. The molecule has 0 unspecified atom stereocenters. The molecule has 1 amide bonds. The highest BCUT2D eigenvalue weighted by Gasteiger charge is 2.17. The Morgan fingerprint density at radius 3 is 2.43 bits per heavy atom. The maximum atomic E-state index is 12.9. The highest BCUT2D eigenvalue weighted by Crippen LogP contribution is 2.16. The average molecular weight is 403 g/mol. The molecule has 0 fully saturated rings. The van der Waals surface area contributed by atoms with E-state index in [-0.39, 0.29) is 23.0 Å². The molecular formula is C20H22FN3O3S. The fourth-order valence-corrected chi connectivity index (χ4v) is 3.97. The number of hydrogen-bond donors (Lipinski definition) is 2. The fraction of sp³-hybridized carbons (Fsp3) is 0.300. The summed E-state index contributed by atoms with van der Waals surface area (Å²) in [5.41, 5.74) is 1.17. The first-order valence-electron chi connectivity index (χ1n) is 9.13. The second-order valence-corrected chi connectivity index (χ2v) is 8.30. The SMILES string of the molecule is O=C(Cc1ccc(F)cc1)Nc1ccc(S(=O)(=O)NC2=NCCCCC2)cc1. The van der Waals surface area contributed by atoms with Crippen LogP contribution in [0.15, 0.2) is 58.4 Å². The number of aliphatic imine (C=N–C) groups is 1. The molecule has 2 N–H and O–H groups in total. The summed E-state index contributed by atoms with van der Waals surface area (Å²) < 4.78 is 40.5. The van der Waals surface area contributed by atoms with Crippen LogP contribution in [0, 0.1) is 5.82 Å². The molecule has 0 bridgehead atoms.